The standard InChI is InChI=1S/C15H12N2O2/c1-18-13-8-4-5-9-14(13)19-15-16-10-11-6-2-3-7-12(11)17-15/h2-10H,1H3. The predicted molar refractivity (Wildman–Crippen MR) is 72.6 cm³/mol. The van der Waals surface area contributed by atoms with Gasteiger partial charge in [0.1, 0.15) is 0 Å². The average Bonchev–Trinajstić information content (AvgIpc) is 2.48. The molecular formula is C15H12N2O2. The Morgan fingerprint density at radius 2 is 1.63 bits per heavy atom. The second-order valence-corrected chi connectivity index (χ2v) is 3.96. The summed E-state index contributed by atoms with van der Waals surface area (Å²) in [5, 5.41) is 0.981. The number of hydrogen-bond donors (Lipinski definition) is 0. The maximum atomic E-state index is 5.66. The molecule has 0 aliphatic carbocycles. The molecule has 0 saturated carbocycles. The third-order valence-corrected chi connectivity index (χ3v) is 2.74. The Morgan fingerprint density at radius 1 is 0.895 bits per heavy atom. The summed E-state index contributed by atoms with van der Waals surface area (Å²) in [5.41, 5.74) is 0.849. The molecule has 0 spiro atoms. The number of aromatic nitrogens is 2. The number of methoxy groups -OCH3 is 1. The Balaban J connectivity index is 1.96. The van der Waals surface area contributed by atoms with Crippen LogP contribution >= 0.6 is 0 Å². The summed E-state index contributed by atoms with van der Waals surface area (Å²) in [6.07, 6.45) is 1.74. The van der Waals surface area contributed by atoms with Gasteiger partial charge < -0.3 is 9.47 Å². The topological polar surface area (TPSA) is 44.2 Å². The van der Waals surface area contributed by atoms with Crippen molar-refractivity contribution in [2.45, 2.75) is 0 Å². The minimum absolute atomic E-state index is 0.309. The van der Waals surface area contributed by atoms with E-state index in [1.807, 2.05) is 48.5 Å². The Morgan fingerprint density at radius 3 is 2.47 bits per heavy atom. The van der Waals surface area contributed by atoms with Crippen LogP contribution in [-0.2, 0) is 0 Å². The van der Waals surface area contributed by atoms with Crippen molar-refractivity contribution >= 4 is 10.9 Å². The highest BCUT2D eigenvalue weighted by Gasteiger charge is 2.06. The molecule has 0 aliphatic heterocycles. The number of benzene rings is 2. The normalized spacial score (nSPS) is 10.4. The number of hydrogen-bond acceptors (Lipinski definition) is 4. The van der Waals surface area contributed by atoms with Crippen LogP contribution in [0.5, 0.6) is 17.5 Å². The number of rotatable bonds is 3. The van der Waals surface area contributed by atoms with Gasteiger partial charge in [-0.15, -0.1) is 0 Å². The zero-order chi connectivity index (χ0) is 13.1. The first-order chi connectivity index (χ1) is 9.36. The molecule has 4 nitrogen and oxygen atoms in total. The summed E-state index contributed by atoms with van der Waals surface area (Å²) >= 11 is 0. The van der Waals surface area contributed by atoms with Gasteiger partial charge in [-0.1, -0.05) is 30.3 Å². The first-order valence-electron chi connectivity index (χ1n) is 5.89. The molecule has 0 atom stereocenters. The van der Waals surface area contributed by atoms with Crippen LogP contribution < -0.4 is 9.47 Å². The molecule has 19 heavy (non-hydrogen) atoms. The fraction of sp³-hybridized carbons (Fsp3) is 0.0667. The lowest BCUT2D eigenvalue weighted by Crippen LogP contribution is -1.94. The van der Waals surface area contributed by atoms with E-state index in [9.17, 15) is 0 Å². The van der Waals surface area contributed by atoms with E-state index < -0.39 is 0 Å². The number of fused-ring (bicyclic) bond motifs is 1. The second-order valence-electron chi connectivity index (χ2n) is 3.96. The van der Waals surface area contributed by atoms with Crippen LogP contribution in [0.2, 0.25) is 0 Å². The van der Waals surface area contributed by atoms with Gasteiger partial charge in [0.05, 0.1) is 12.6 Å². The highest BCUT2D eigenvalue weighted by atomic mass is 16.5. The average molecular weight is 252 g/mol. The minimum Gasteiger partial charge on any atom is -0.493 e. The summed E-state index contributed by atoms with van der Waals surface area (Å²) in [6, 6.07) is 15.5. The third kappa shape index (κ3) is 2.33. The Hall–Kier alpha value is -2.62. The van der Waals surface area contributed by atoms with Gasteiger partial charge in [-0.25, -0.2) is 4.98 Å². The molecule has 0 unspecified atom stereocenters. The van der Waals surface area contributed by atoms with Crippen molar-refractivity contribution in [2.75, 3.05) is 7.11 Å². The number of para-hydroxylation sites is 3. The lowest BCUT2D eigenvalue weighted by atomic mass is 10.2. The highest BCUT2D eigenvalue weighted by Crippen LogP contribution is 2.29. The number of nitrogens with zero attached hydrogens (tertiary/aromatic N) is 2. The van der Waals surface area contributed by atoms with Gasteiger partial charge in [-0.2, -0.15) is 4.98 Å². The monoisotopic (exact) mass is 252 g/mol. The summed E-state index contributed by atoms with van der Waals surface area (Å²) < 4.78 is 10.9. The molecule has 0 fully saturated rings. The SMILES string of the molecule is COc1ccccc1Oc1ncc2ccccc2n1. The first kappa shape index (κ1) is 11.5. The van der Waals surface area contributed by atoms with E-state index in [4.69, 9.17) is 9.47 Å². The van der Waals surface area contributed by atoms with E-state index in [-0.39, 0.29) is 0 Å². The molecule has 0 amide bonds. The van der Waals surface area contributed by atoms with Crippen LogP contribution in [0.1, 0.15) is 0 Å². The molecule has 0 aliphatic rings. The Labute approximate surface area is 110 Å². The van der Waals surface area contributed by atoms with Gasteiger partial charge >= 0.3 is 6.01 Å². The largest absolute Gasteiger partial charge is 0.493 e. The lowest BCUT2D eigenvalue weighted by molar-refractivity contribution is 0.369. The molecule has 2 aromatic carbocycles. The van der Waals surface area contributed by atoms with Crippen LogP contribution in [0.4, 0.5) is 0 Å². The minimum atomic E-state index is 0.309. The lowest BCUT2D eigenvalue weighted by Gasteiger charge is -2.08. The first-order valence-corrected chi connectivity index (χ1v) is 5.89. The zero-order valence-corrected chi connectivity index (χ0v) is 10.4. The molecule has 94 valence electrons. The van der Waals surface area contributed by atoms with Crippen LogP contribution in [0.3, 0.4) is 0 Å². The van der Waals surface area contributed by atoms with Crippen molar-refractivity contribution in [3.05, 3.63) is 54.7 Å². The number of ether oxygens (including phenoxy) is 2. The molecule has 1 aromatic heterocycles. The molecule has 4 heteroatoms. The maximum absolute atomic E-state index is 5.66. The smallest absolute Gasteiger partial charge is 0.322 e. The van der Waals surface area contributed by atoms with Crippen LogP contribution in [-0.4, -0.2) is 17.1 Å². The summed E-state index contributed by atoms with van der Waals surface area (Å²) in [6.45, 7) is 0. The van der Waals surface area contributed by atoms with E-state index in [0.29, 0.717) is 17.5 Å². The van der Waals surface area contributed by atoms with Gasteiger partial charge in [0.15, 0.2) is 11.5 Å². The molecule has 3 aromatic rings. The molecule has 1 heterocycles. The molecule has 0 bridgehead atoms. The third-order valence-electron chi connectivity index (χ3n) is 2.74. The van der Waals surface area contributed by atoms with Gasteiger partial charge in [0, 0.05) is 11.6 Å². The Kier molecular flexibility index (Phi) is 2.98. The highest BCUT2D eigenvalue weighted by molar-refractivity contribution is 5.77. The van der Waals surface area contributed by atoms with Crippen LogP contribution in [0.25, 0.3) is 10.9 Å². The molecule has 3 rings (SSSR count). The van der Waals surface area contributed by atoms with Gasteiger partial charge in [-0.05, 0) is 18.2 Å². The van der Waals surface area contributed by atoms with Crippen molar-refractivity contribution in [3.8, 4) is 17.5 Å². The van der Waals surface area contributed by atoms with E-state index in [2.05, 4.69) is 9.97 Å². The maximum Gasteiger partial charge on any atom is 0.322 e. The van der Waals surface area contributed by atoms with Crippen molar-refractivity contribution in [2.24, 2.45) is 0 Å². The fourth-order valence-electron chi connectivity index (χ4n) is 1.81. The molecule has 0 N–H and O–H groups in total. The van der Waals surface area contributed by atoms with Crippen molar-refractivity contribution < 1.29 is 9.47 Å². The Bertz CT molecular complexity index is 713. The summed E-state index contributed by atoms with van der Waals surface area (Å²) in [4.78, 5) is 8.55. The van der Waals surface area contributed by atoms with Crippen molar-refractivity contribution in [3.63, 3.8) is 0 Å². The van der Waals surface area contributed by atoms with Gasteiger partial charge in [0.2, 0.25) is 0 Å². The quantitative estimate of drug-likeness (QED) is 0.716. The molecule has 0 radical (unpaired) electrons. The molecule has 0 saturated heterocycles. The van der Waals surface area contributed by atoms with Crippen molar-refractivity contribution in [1.29, 1.82) is 0 Å². The van der Waals surface area contributed by atoms with Crippen molar-refractivity contribution in [1.82, 2.24) is 9.97 Å². The van der Waals surface area contributed by atoms with E-state index in [0.717, 1.165) is 10.9 Å². The summed E-state index contributed by atoms with van der Waals surface area (Å²) in [7, 11) is 1.60. The van der Waals surface area contributed by atoms with Gasteiger partial charge in [-0.3, -0.25) is 0 Å². The second kappa shape index (κ2) is 4.94. The fourth-order valence-corrected chi connectivity index (χ4v) is 1.81. The predicted octanol–water partition coefficient (Wildman–Crippen LogP) is 3.43. The van der Waals surface area contributed by atoms with Gasteiger partial charge in [0.25, 0.3) is 0 Å². The molecular weight excluding hydrogens is 240 g/mol. The zero-order valence-electron chi connectivity index (χ0n) is 10.4. The van der Waals surface area contributed by atoms with E-state index >= 15 is 0 Å². The van der Waals surface area contributed by atoms with E-state index in [1.54, 1.807) is 13.3 Å². The van der Waals surface area contributed by atoms with E-state index in [1.165, 1.54) is 0 Å². The summed E-state index contributed by atoms with van der Waals surface area (Å²) in [5.74, 6) is 1.25. The van der Waals surface area contributed by atoms with Crippen LogP contribution in [0.15, 0.2) is 54.7 Å². The van der Waals surface area contributed by atoms with Crippen LogP contribution in [0, 0.1) is 0 Å².